The average molecular weight is 316 g/mol. The molecule has 0 radical (unpaired) electrons. The molecule has 1 aliphatic carbocycles. The molecule has 6 heteroatoms. The van der Waals surface area contributed by atoms with Crippen molar-refractivity contribution >= 4 is 17.9 Å². The topological polar surface area (TPSA) is 78.9 Å². The Bertz CT molecular complexity index is 656. The van der Waals surface area contributed by atoms with Crippen LogP contribution in [0.25, 0.3) is 0 Å². The fourth-order valence-electron chi connectivity index (χ4n) is 2.06. The van der Waals surface area contributed by atoms with Crippen LogP contribution in [0.5, 0.6) is 0 Å². The first-order chi connectivity index (χ1) is 10.9. The van der Waals surface area contributed by atoms with E-state index < -0.39 is 23.7 Å². The van der Waals surface area contributed by atoms with Crippen LogP contribution >= 0.6 is 0 Å². The molecule has 23 heavy (non-hydrogen) atoms. The third-order valence-electron chi connectivity index (χ3n) is 2.94. The van der Waals surface area contributed by atoms with Crippen LogP contribution in [0.4, 0.5) is 0 Å². The molecule has 0 N–H and O–H groups in total. The molecular weight excluding hydrogens is 300 g/mol. The first-order valence-electron chi connectivity index (χ1n) is 6.96. The number of hydrogen-bond donors (Lipinski definition) is 0. The van der Waals surface area contributed by atoms with Crippen LogP contribution < -0.4 is 0 Å². The fourth-order valence-corrected chi connectivity index (χ4v) is 2.06. The van der Waals surface area contributed by atoms with Crippen LogP contribution in [0.1, 0.15) is 30.6 Å². The van der Waals surface area contributed by atoms with Crippen molar-refractivity contribution in [1.29, 1.82) is 0 Å². The van der Waals surface area contributed by atoms with Crippen LogP contribution in [0.15, 0.2) is 54.3 Å². The highest BCUT2D eigenvalue weighted by Gasteiger charge is 2.35. The highest BCUT2D eigenvalue weighted by Crippen LogP contribution is 2.28. The summed E-state index contributed by atoms with van der Waals surface area (Å²) < 4.78 is 15.4. The molecule has 0 fully saturated rings. The summed E-state index contributed by atoms with van der Waals surface area (Å²) in [5, 5.41) is 0. The summed E-state index contributed by atoms with van der Waals surface area (Å²) in [6.07, 6.45) is 4.38. The molecule has 1 aliphatic rings. The van der Waals surface area contributed by atoms with Crippen LogP contribution in [0.2, 0.25) is 0 Å². The molecule has 0 bridgehead atoms. The molecule has 0 heterocycles. The predicted octanol–water partition coefficient (Wildman–Crippen LogP) is 2.51. The molecule has 0 saturated heterocycles. The molecule has 1 aromatic rings. The molecule has 0 saturated carbocycles. The second-order valence-corrected chi connectivity index (χ2v) is 4.90. The lowest BCUT2D eigenvalue weighted by molar-refractivity contribution is -0.208. The van der Waals surface area contributed by atoms with Crippen molar-refractivity contribution in [2.24, 2.45) is 0 Å². The molecule has 6 nitrogen and oxygen atoms in total. The van der Waals surface area contributed by atoms with Crippen LogP contribution in [-0.2, 0) is 23.8 Å². The number of allylic oxidation sites excluding steroid dienone is 1. The van der Waals surface area contributed by atoms with Crippen LogP contribution in [-0.4, -0.2) is 23.7 Å². The molecule has 120 valence electrons. The van der Waals surface area contributed by atoms with E-state index >= 15 is 0 Å². The molecule has 0 spiro atoms. The van der Waals surface area contributed by atoms with Crippen LogP contribution in [0.3, 0.4) is 0 Å². The number of carbonyl (C=O) groups is 3. The van der Waals surface area contributed by atoms with E-state index in [4.69, 9.17) is 14.2 Å². The summed E-state index contributed by atoms with van der Waals surface area (Å²) in [6, 6.07) is 8.53. The first kappa shape index (κ1) is 16.5. The van der Waals surface area contributed by atoms with Gasteiger partial charge in [0.05, 0.1) is 12.0 Å². The van der Waals surface area contributed by atoms with E-state index in [9.17, 15) is 14.4 Å². The zero-order chi connectivity index (χ0) is 16.9. The van der Waals surface area contributed by atoms with Crippen molar-refractivity contribution in [2.75, 3.05) is 0 Å². The zero-order valence-corrected chi connectivity index (χ0v) is 12.8. The molecule has 2 rings (SSSR count). The van der Waals surface area contributed by atoms with Crippen molar-refractivity contribution in [2.45, 2.75) is 26.1 Å². The number of esters is 3. The lowest BCUT2D eigenvalue weighted by Gasteiger charge is -2.30. The molecular formula is C17H16O6. The fraction of sp³-hybridized carbons (Fsp3) is 0.235. The minimum atomic E-state index is -1.50. The number of carbonyl (C=O) groups excluding carboxylic acids is 3. The predicted molar refractivity (Wildman–Crippen MR) is 80.0 cm³/mol. The minimum absolute atomic E-state index is 0.0556. The summed E-state index contributed by atoms with van der Waals surface area (Å²) in [5.41, 5.74) is 0.415. The summed E-state index contributed by atoms with van der Waals surface area (Å²) in [7, 11) is 0. The summed E-state index contributed by atoms with van der Waals surface area (Å²) in [6.45, 7) is 2.43. The van der Waals surface area contributed by atoms with Gasteiger partial charge in [-0.3, -0.25) is 9.59 Å². The van der Waals surface area contributed by atoms with Crippen molar-refractivity contribution in [3.63, 3.8) is 0 Å². The third kappa shape index (κ3) is 4.54. The highest BCUT2D eigenvalue weighted by molar-refractivity contribution is 5.90. The average Bonchev–Trinajstić information content (AvgIpc) is 2.49. The monoisotopic (exact) mass is 316 g/mol. The largest absolute Gasteiger partial charge is 0.423 e. The zero-order valence-electron chi connectivity index (χ0n) is 12.8. The minimum Gasteiger partial charge on any atom is -0.423 e. The van der Waals surface area contributed by atoms with Gasteiger partial charge in [0, 0.05) is 19.9 Å². The molecule has 0 unspecified atom stereocenters. The SMILES string of the molecule is CC(=O)OC1(OC(C)=O)C=CC(OC(=O)c2ccccc2)=CC1. The second-order valence-electron chi connectivity index (χ2n) is 4.90. The highest BCUT2D eigenvalue weighted by atomic mass is 16.7. The lowest BCUT2D eigenvalue weighted by atomic mass is 10.1. The van der Waals surface area contributed by atoms with Crippen molar-refractivity contribution in [1.82, 2.24) is 0 Å². The number of benzene rings is 1. The van der Waals surface area contributed by atoms with E-state index in [0.29, 0.717) is 5.56 Å². The van der Waals surface area contributed by atoms with Gasteiger partial charge in [0.25, 0.3) is 5.79 Å². The van der Waals surface area contributed by atoms with Crippen molar-refractivity contribution in [3.05, 3.63) is 59.9 Å². The summed E-state index contributed by atoms with van der Waals surface area (Å²) >= 11 is 0. The van der Waals surface area contributed by atoms with Gasteiger partial charge in [-0.05, 0) is 24.3 Å². The first-order valence-corrected chi connectivity index (χ1v) is 6.96. The molecule has 0 amide bonds. The van der Waals surface area contributed by atoms with Gasteiger partial charge in [0.2, 0.25) is 0 Å². The van der Waals surface area contributed by atoms with Gasteiger partial charge in [0.1, 0.15) is 5.76 Å². The Morgan fingerprint density at radius 1 is 1.00 bits per heavy atom. The Kier molecular flexibility index (Phi) is 4.95. The molecule has 0 aliphatic heterocycles. The summed E-state index contributed by atoms with van der Waals surface area (Å²) in [4.78, 5) is 34.3. The van der Waals surface area contributed by atoms with Gasteiger partial charge in [-0.2, -0.15) is 0 Å². The van der Waals surface area contributed by atoms with E-state index in [-0.39, 0.29) is 12.2 Å². The Labute approximate surface area is 133 Å². The van der Waals surface area contributed by atoms with Crippen molar-refractivity contribution < 1.29 is 28.6 Å². The normalized spacial score (nSPS) is 15.3. The standard InChI is InChI=1S/C17H16O6/c1-12(18)22-17(23-13(2)19)10-8-15(9-11-17)21-16(20)14-6-4-3-5-7-14/h3-10H,11H2,1-2H3. The maximum atomic E-state index is 12.0. The molecule has 0 aromatic heterocycles. The van der Waals surface area contributed by atoms with Gasteiger partial charge in [-0.15, -0.1) is 0 Å². The van der Waals surface area contributed by atoms with E-state index in [1.165, 1.54) is 32.1 Å². The number of hydrogen-bond acceptors (Lipinski definition) is 6. The van der Waals surface area contributed by atoms with E-state index in [1.807, 2.05) is 0 Å². The Morgan fingerprint density at radius 3 is 2.09 bits per heavy atom. The third-order valence-corrected chi connectivity index (χ3v) is 2.94. The maximum absolute atomic E-state index is 12.0. The summed E-state index contributed by atoms with van der Waals surface area (Å²) in [5.74, 6) is -2.90. The van der Waals surface area contributed by atoms with E-state index in [0.717, 1.165) is 0 Å². The number of ether oxygens (including phenoxy) is 3. The Balaban J connectivity index is 2.07. The maximum Gasteiger partial charge on any atom is 0.343 e. The number of rotatable bonds is 4. The second kappa shape index (κ2) is 6.91. The Morgan fingerprint density at radius 2 is 1.61 bits per heavy atom. The quantitative estimate of drug-likeness (QED) is 0.627. The van der Waals surface area contributed by atoms with Crippen molar-refractivity contribution in [3.8, 4) is 0 Å². The smallest absolute Gasteiger partial charge is 0.343 e. The molecule has 1 aromatic carbocycles. The molecule has 0 atom stereocenters. The van der Waals surface area contributed by atoms with Gasteiger partial charge in [0.15, 0.2) is 0 Å². The van der Waals surface area contributed by atoms with E-state index in [2.05, 4.69) is 0 Å². The van der Waals surface area contributed by atoms with Crippen LogP contribution in [0, 0.1) is 0 Å². The lowest BCUT2D eigenvalue weighted by Crippen LogP contribution is -2.38. The Hall–Kier alpha value is -2.89. The van der Waals surface area contributed by atoms with Gasteiger partial charge < -0.3 is 14.2 Å². The van der Waals surface area contributed by atoms with Gasteiger partial charge in [-0.25, -0.2) is 4.79 Å². The van der Waals surface area contributed by atoms with E-state index in [1.54, 1.807) is 30.3 Å². The van der Waals surface area contributed by atoms with Gasteiger partial charge in [-0.1, -0.05) is 18.2 Å². The van der Waals surface area contributed by atoms with Gasteiger partial charge >= 0.3 is 17.9 Å².